The number of benzene rings is 2. The van der Waals surface area contributed by atoms with Crippen LogP contribution in [0.3, 0.4) is 0 Å². The molecule has 9 heteroatoms. The van der Waals surface area contributed by atoms with Gasteiger partial charge in [-0.25, -0.2) is 0 Å². The number of hydrogen-bond acceptors (Lipinski definition) is 9. The summed E-state index contributed by atoms with van der Waals surface area (Å²) in [6, 6.07) is 5.23. The highest BCUT2D eigenvalue weighted by molar-refractivity contribution is 6.31. The molecule has 0 amide bonds. The van der Waals surface area contributed by atoms with Gasteiger partial charge >= 0.3 is 0 Å². The van der Waals surface area contributed by atoms with E-state index in [0.29, 0.717) is 17.2 Å². The Kier molecular flexibility index (Phi) is 6.97. The van der Waals surface area contributed by atoms with E-state index < -0.39 is 28.5 Å². The number of hydrogen-bond donors (Lipinski definition) is 3. The predicted molar refractivity (Wildman–Crippen MR) is 144 cm³/mol. The summed E-state index contributed by atoms with van der Waals surface area (Å²) in [5.41, 5.74) is -0.495. The predicted octanol–water partition coefficient (Wildman–Crippen LogP) is 4.57. The fraction of sp³-hybridized carbons (Fsp3) is 0.367. The summed E-state index contributed by atoms with van der Waals surface area (Å²) >= 11 is 0. The molecule has 1 unspecified atom stereocenters. The number of phenolic OH excluding ortho intramolecular Hbond substituents is 2. The molecule has 2 atom stereocenters. The van der Waals surface area contributed by atoms with Gasteiger partial charge in [0.05, 0.1) is 31.4 Å². The van der Waals surface area contributed by atoms with E-state index in [0.717, 1.165) is 5.56 Å². The maximum absolute atomic E-state index is 14.1. The van der Waals surface area contributed by atoms with Crippen LogP contribution < -0.4 is 19.5 Å². The van der Waals surface area contributed by atoms with E-state index in [9.17, 15) is 24.6 Å². The second-order valence-electron chi connectivity index (χ2n) is 10.4. The summed E-state index contributed by atoms with van der Waals surface area (Å²) < 4.78 is 16.6. The van der Waals surface area contributed by atoms with Gasteiger partial charge in [0.15, 0.2) is 28.8 Å². The number of nitrogens with one attached hydrogen (secondary N) is 1. The van der Waals surface area contributed by atoms with Crippen molar-refractivity contribution in [1.82, 2.24) is 5.32 Å². The Bertz CT molecular complexity index is 1480. The molecular formula is C30H33NO8. The molecule has 2 aromatic rings. The normalized spacial score (nSPS) is 20.1. The number of phenols is 2. The van der Waals surface area contributed by atoms with Crippen LogP contribution in [0.2, 0.25) is 0 Å². The Hall–Kier alpha value is -4.27. The summed E-state index contributed by atoms with van der Waals surface area (Å²) in [6.45, 7) is 9.91. The number of carbonyl (C=O) groups excluding carboxylic acids is 3. The zero-order valence-corrected chi connectivity index (χ0v) is 23.3. The van der Waals surface area contributed by atoms with Crippen molar-refractivity contribution >= 4 is 17.3 Å². The van der Waals surface area contributed by atoms with Gasteiger partial charge in [-0.2, -0.15) is 0 Å². The van der Waals surface area contributed by atoms with Gasteiger partial charge in [0.2, 0.25) is 0 Å². The first-order chi connectivity index (χ1) is 18.3. The number of allylic oxidation sites excluding steroid dienone is 4. The SMILES string of the molecule is COc1ccc(C(NC(C)=C2C(=O)C=C3Oc4c(C(C)=O)c(O)c(C)c(O)c4[C@@]3(C)C2=O)C(C)C)cc1OC. The quantitative estimate of drug-likeness (QED) is 0.265. The molecule has 3 N–H and O–H groups in total. The van der Waals surface area contributed by atoms with Crippen molar-refractivity contribution < 1.29 is 38.8 Å². The molecule has 39 heavy (non-hydrogen) atoms. The lowest BCUT2D eigenvalue weighted by Gasteiger charge is -2.31. The third kappa shape index (κ3) is 4.13. The highest BCUT2D eigenvalue weighted by Crippen LogP contribution is 2.57. The molecule has 1 aliphatic heterocycles. The van der Waals surface area contributed by atoms with Gasteiger partial charge in [-0.15, -0.1) is 0 Å². The van der Waals surface area contributed by atoms with Crippen LogP contribution in [-0.4, -0.2) is 41.8 Å². The number of carbonyl (C=O) groups is 3. The fourth-order valence-corrected chi connectivity index (χ4v) is 5.35. The molecule has 0 fully saturated rings. The minimum Gasteiger partial charge on any atom is -0.507 e. The molecule has 0 saturated heterocycles. The van der Waals surface area contributed by atoms with Crippen molar-refractivity contribution in [2.24, 2.45) is 5.92 Å². The minimum atomic E-state index is -1.58. The third-order valence-electron chi connectivity index (χ3n) is 7.57. The van der Waals surface area contributed by atoms with Crippen molar-refractivity contribution in [3.8, 4) is 28.7 Å². The summed E-state index contributed by atoms with van der Waals surface area (Å²) in [5.74, 6) is -1.39. The molecule has 0 radical (unpaired) electrons. The van der Waals surface area contributed by atoms with Crippen molar-refractivity contribution in [3.05, 3.63) is 63.6 Å². The number of rotatable bonds is 7. The van der Waals surface area contributed by atoms with Crippen LogP contribution in [0.15, 0.2) is 41.3 Å². The molecule has 0 saturated carbocycles. The van der Waals surface area contributed by atoms with E-state index in [1.807, 2.05) is 26.0 Å². The Labute approximate surface area is 227 Å². The third-order valence-corrected chi connectivity index (χ3v) is 7.57. The topological polar surface area (TPSA) is 131 Å². The molecule has 206 valence electrons. The Morgan fingerprint density at radius 3 is 2.26 bits per heavy atom. The molecule has 2 aromatic carbocycles. The summed E-state index contributed by atoms with van der Waals surface area (Å²) in [4.78, 5) is 39.8. The summed E-state index contributed by atoms with van der Waals surface area (Å²) in [6.07, 6.45) is 1.21. The van der Waals surface area contributed by atoms with E-state index >= 15 is 0 Å². The maximum atomic E-state index is 14.1. The first-order valence-electron chi connectivity index (χ1n) is 12.6. The van der Waals surface area contributed by atoms with E-state index in [1.165, 1.54) is 19.9 Å². The average molecular weight is 536 g/mol. The molecule has 0 aromatic heterocycles. The van der Waals surface area contributed by atoms with Crippen LogP contribution >= 0.6 is 0 Å². The molecule has 9 nitrogen and oxygen atoms in total. The second-order valence-corrected chi connectivity index (χ2v) is 10.4. The van der Waals surface area contributed by atoms with Crippen LogP contribution in [0.5, 0.6) is 28.7 Å². The van der Waals surface area contributed by atoms with Gasteiger partial charge in [-0.1, -0.05) is 19.9 Å². The molecule has 0 spiro atoms. The minimum absolute atomic E-state index is 0.00727. The van der Waals surface area contributed by atoms with E-state index in [1.54, 1.807) is 34.1 Å². The van der Waals surface area contributed by atoms with Gasteiger partial charge in [-0.3, -0.25) is 14.4 Å². The highest BCUT2D eigenvalue weighted by Gasteiger charge is 2.56. The number of methoxy groups -OCH3 is 2. The number of aromatic hydroxyl groups is 2. The van der Waals surface area contributed by atoms with E-state index in [2.05, 4.69) is 5.32 Å². The molecular weight excluding hydrogens is 502 g/mol. The first-order valence-corrected chi connectivity index (χ1v) is 12.6. The number of ether oxygens (including phenoxy) is 3. The summed E-state index contributed by atoms with van der Waals surface area (Å²) in [5, 5.41) is 24.9. The van der Waals surface area contributed by atoms with Gasteiger partial charge < -0.3 is 29.7 Å². The van der Waals surface area contributed by atoms with Crippen molar-refractivity contribution in [3.63, 3.8) is 0 Å². The van der Waals surface area contributed by atoms with Crippen LogP contribution in [0.4, 0.5) is 0 Å². The van der Waals surface area contributed by atoms with Crippen molar-refractivity contribution in [1.29, 1.82) is 0 Å². The van der Waals surface area contributed by atoms with E-state index in [4.69, 9.17) is 14.2 Å². The Balaban J connectivity index is 1.84. The van der Waals surface area contributed by atoms with E-state index in [-0.39, 0.29) is 51.5 Å². The lowest BCUT2D eigenvalue weighted by atomic mass is 9.70. The average Bonchev–Trinajstić information content (AvgIpc) is 3.17. The standard InChI is InChI=1S/C30H33NO8/c1-13(2)25(17-9-10-19(37-7)20(11-17)38-8)31-15(4)22-18(33)12-21-30(6,29(22)36)24-27(35)14(3)26(34)23(16(5)32)28(24)39-21/h9-13,25,31,34-35H,1-8H3/t25?,30-/m0/s1. The second kappa shape index (κ2) is 9.80. The van der Waals surface area contributed by atoms with Gasteiger partial charge in [0, 0.05) is 17.3 Å². The number of ketones is 3. The van der Waals surface area contributed by atoms with Gasteiger partial charge in [0.25, 0.3) is 0 Å². The molecule has 1 aliphatic carbocycles. The van der Waals surface area contributed by atoms with Gasteiger partial charge in [0.1, 0.15) is 34.0 Å². The summed E-state index contributed by atoms with van der Waals surface area (Å²) in [7, 11) is 3.10. The maximum Gasteiger partial charge on any atom is 0.194 e. The monoisotopic (exact) mass is 535 g/mol. The first kappa shape index (κ1) is 27.8. The number of Topliss-reactive ketones (excluding diaryl/α,β-unsaturated/α-hetero) is 2. The molecule has 0 bridgehead atoms. The zero-order valence-electron chi connectivity index (χ0n) is 23.3. The van der Waals surface area contributed by atoms with Crippen LogP contribution in [0.25, 0.3) is 0 Å². The Morgan fingerprint density at radius 1 is 1.05 bits per heavy atom. The fourth-order valence-electron chi connectivity index (χ4n) is 5.35. The molecule has 1 heterocycles. The molecule has 4 rings (SSSR count). The van der Waals surface area contributed by atoms with Crippen LogP contribution in [0.1, 0.15) is 67.7 Å². The lowest BCUT2D eigenvalue weighted by Crippen LogP contribution is -2.41. The highest BCUT2D eigenvalue weighted by atomic mass is 16.5. The lowest BCUT2D eigenvalue weighted by molar-refractivity contribution is -0.123. The van der Waals surface area contributed by atoms with Crippen molar-refractivity contribution in [2.75, 3.05) is 14.2 Å². The zero-order chi connectivity index (χ0) is 29.0. The van der Waals surface area contributed by atoms with Crippen LogP contribution in [0, 0.1) is 12.8 Å². The number of fused-ring (bicyclic) bond motifs is 3. The van der Waals surface area contributed by atoms with Crippen LogP contribution in [-0.2, 0) is 15.0 Å². The largest absolute Gasteiger partial charge is 0.507 e. The Morgan fingerprint density at radius 2 is 1.69 bits per heavy atom. The van der Waals surface area contributed by atoms with Crippen molar-refractivity contribution in [2.45, 2.75) is 53.0 Å². The smallest absolute Gasteiger partial charge is 0.194 e. The molecule has 2 aliphatic rings. The van der Waals surface area contributed by atoms with Gasteiger partial charge in [-0.05, 0) is 51.3 Å².